The molecule has 0 aliphatic carbocycles. The van der Waals surface area contributed by atoms with Crippen molar-refractivity contribution in [3.8, 4) is 0 Å². The number of hydrogen-bond donors (Lipinski definition) is 1. The van der Waals surface area contributed by atoms with Gasteiger partial charge in [0.15, 0.2) is 0 Å². The van der Waals surface area contributed by atoms with Crippen molar-refractivity contribution in [3.63, 3.8) is 0 Å². The normalized spacial score (nSPS) is 14.4. The molecule has 0 saturated heterocycles. The van der Waals surface area contributed by atoms with Crippen LogP contribution in [0.15, 0.2) is 35.7 Å². The van der Waals surface area contributed by atoms with E-state index < -0.39 is 0 Å². The Balaban J connectivity index is 2.08. The third kappa shape index (κ3) is 3.10. The Morgan fingerprint density at radius 3 is 2.56 bits per heavy atom. The van der Waals surface area contributed by atoms with Crippen LogP contribution in [-0.4, -0.2) is 0 Å². The van der Waals surface area contributed by atoms with Gasteiger partial charge in [-0.15, -0.1) is 11.3 Å². The van der Waals surface area contributed by atoms with Crippen molar-refractivity contribution < 1.29 is 4.39 Å². The fourth-order valence-corrected chi connectivity index (χ4v) is 2.92. The van der Waals surface area contributed by atoms with Crippen molar-refractivity contribution in [2.45, 2.75) is 25.9 Å². The van der Waals surface area contributed by atoms with Crippen LogP contribution < -0.4 is 5.32 Å². The zero-order chi connectivity index (χ0) is 13.1. The van der Waals surface area contributed by atoms with E-state index in [0.29, 0.717) is 5.56 Å². The summed E-state index contributed by atoms with van der Waals surface area (Å²) in [5.74, 6) is -0.173. The van der Waals surface area contributed by atoms with Gasteiger partial charge in [-0.1, -0.05) is 29.8 Å². The molecular formula is C14H15ClFNS. The summed E-state index contributed by atoms with van der Waals surface area (Å²) in [6.45, 7) is 4.01. The summed E-state index contributed by atoms with van der Waals surface area (Å²) >= 11 is 7.42. The highest BCUT2D eigenvalue weighted by Crippen LogP contribution is 2.27. The zero-order valence-electron chi connectivity index (χ0n) is 10.3. The molecule has 0 aliphatic heterocycles. The van der Waals surface area contributed by atoms with Crippen LogP contribution in [0.4, 0.5) is 4.39 Å². The van der Waals surface area contributed by atoms with E-state index >= 15 is 0 Å². The summed E-state index contributed by atoms with van der Waals surface area (Å²) in [4.78, 5) is 0. The molecule has 96 valence electrons. The first-order valence-electron chi connectivity index (χ1n) is 5.82. The predicted octanol–water partition coefficient (Wildman–Crippen LogP) is 4.95. The van der Waals surface area contributed by atoms with Crippen LogP contribution >= 0.6 is 22.9 Å². The zero-order valence-corrected chi connectivity index (χ0v) is 11.9. The minimum atomic E-state index is -0.173. The first kappa shape index (κ1) is 13.5. The first-order chi connectivity index (χ1) is 8.58. The number of nitrogens with one attached hydrogen (secondary N) is 1. The summed E-state index contributed by atoms with van der Waals surface area (Å²) in [6.07, 6.45) is 0. The highest BCUT2D eigenvalue weighted by Gasteiger charge is 2.14. The monoisotopic (exact) mass is 283 g/mol. The van der Waals surface area contributed by atoms with Gasteiger partial charge < -0.3 is 5.32 Å². The molecule has 4 heteroatoms. The van der Waals surface area contributed by atoms with Crippen molar-refractivity contribution in [2.24, 2.45) is 0 Å². The second-order valence-electron chi connectivity index (χ2n) is 4.32. The van der Waals surface area contributed by atoms with Gasteiger partial charge in [-0.05, 0) is 36.9 Å². The maximum absolute atomic E-state index is 13.6. The number of benzene rings is 1. The van der Waals surface area contributed by atoms with Crippen LogP contribution in [0, 0.1) is 5.82 Å². The number of rotatable bonds is 4. The van der Waals surface area contributed by atoms with E-state index in [1.165, 1.54) is 17.4 Å². The highest BCUT2D eigenvalue weighted by atomic mass is 35.5. The molecule has 2 atom stereocenters. The lowest BCUT2D eigenvalue weighted by Crippen LogP contribution is -2.22. The largest absolute Gasteiger partial charge is 0.304 e. The minimum Gasteiger partial charge on any atom is -0.304 e. The summed E-state index contributed by atoms with van der Waals surface area (Å²) in [5, 5.41) is 5.40. The van der Waals surface area contributed by atoms with Gasteiger partial charge in [0.25, 0.3) is 0 Å². The van der Waals surface area contributed by atoms with Gasteiger partial charge in [-0.25, -0.2) is 4.39 Å². The van der Waals surface area contributed by atoms with E-state index in [1.54, 1.807) is 12.1 Å². The molecule has 1 aromatic carbocycles. The smallest absolute Gasteiger partial charge is 0.127 e. The SMILES string of the molecule is CC(NC(C)c1ccccc1F)c1csc(Cl)c1. The Hall–Kier alpha value is -0.900. The predicted molar refractivity (Wildman–Crippen MR) is 75.7 cm³/mol. The molecule has 2 unspecified atom stereocenters. The molecule has 2 rings (SSSR count). The highest BCUT2D eigenvalue weighted by molar-refractivity contribution is 7.14. The number of hydrogen-bond acceptors (Lipinski definition) is 2. The van der Waals surface area contributed by atoms with Crippen LogP contribution in [0.1, 0.15) is 37.1 Å². The van der Waals surface area contributed by atoms with Gasteiger partial charge >= 0.3 is 0 Å². The number of thiophene rings is 1. The van der Waals surface area contributed by atoms with E-state index in [9.17, 15) is 4.39 Å². The average molecular weight is 284 g/mol. The van der Waals surface area contributed by atoms with Crippen molar-refractivity contribution in [1.29, 1.82) is 0 Å². The van der Waals surface area contributed by atoms with E-state index in [2.05, 4.69) is 12.2 Å². The van der Waals surface area contributed by atoms with E-state index in [4.69, 9.17) is 11.6 Å². The van der Waals surface area contributed by atoms with Crippen molar-refractivity contribution in [2.75, 3.05) is 0 Å². The maximum atomic E-state index is 13.6. The Kier molecular flexibility index (Phi) is 4.38. The lowest BCUT2D eigenvalue weighted by Gasteiger charge is -2.20. The van der Waals surface area contributed by atoms with Gasteiger partial charge in [-0.3, -0.25) is 0 Å². The quantitative estimate of drug-likeness (QED) is 0.837. The van der Waals surface area contributed by atoms with Crippen LogP contribution in [-0.2, 0) is 0 Å². The molecule has 2 aromatic rings. The molecule has 1 heterocycles. The van der Waals surface area contributed by atoms with Crippen molar-refractivity contribution in [1.82, 2.24) is 5.32 Å². The topological polar surface area (TPSA) is 12.0 Å². The third-order valence-corrected chi connectivity index (χ3v) is 4.07. The molecule has 0 fully saturated rings. The standard InChI is InChI=1S/C14H15ClFNS/c1-9(11-7-14(15)18-8-11)17-10(2)12-5-3-4-6-13(12)16/h3-10,17H,1-2H3. The fourth-order valence-electron chi connectivity index (χ4n) is 1.94. The molecule has 0 bridgehead atoms. The van der Waals surface area contributed by atoms with Crippen LogP contribution in [0.25, 0.3) is 0 Å². The first-order valence-corrected chi connectivity index (χ1v) is 7.08. The Morgan fingerprint density at radius 1 is 1.22 bits per heavy atom. The molecule has 1 nitrogen and oxygen atoms in total. The van der Waals surface area contributed by atoms with Crippen LogP contribution in [0.3, 0.4) is 0 Å². The Bertz CT molecular complexity index is 526. The summed E-state index contributed by atoms with van der Waals surface area (Å²) < 4.78 is 14.4. The van der Waals surface area contributed by atoms with Crippen molar-refractivity contribution in [3.05, 3.63) is 57.0 Å². The van der Waals surface area contributed by atoms with Crippen molar-refractivity contribution >= 4 is 22.9 Å². The fraction of sp³-hybridized carbons (Fsp3) is 0.286. The van der Waals surface area contributed by atoms with E-state index in [0.717, 1.165) is 9.90 Å². The molecule has 0 amide bonds. The summed E-state index contributed by atoms with van der Waals surface area (Å²) in [5.41, 5.74) is 1.82. The van der Waals surface area contributed by atoms with Crippen LogP contribution in [0.2, 0.25) is 4.34 Å². The molecular weight excluding hydrogens is 269 g/mol. The second-order valence-corrected chi connectivity index (χ2v) is 5.86. The maximum Gasteiger partial charge on any atom is 0.127 e. The van der Waals surface area contributed by atoms with Gasteiger partial charge in [0.1, 0.15) is 5.82 Å². The minimum absolute atomic E-state index is 0.0418. The Labute approximate surface area is 116 Å². The van der Waals surface area contributed by atoms with Crippen LogP contribution in [0.5, 0.6) is 0 Å². The average Bonchev–Trinajstić information content (AvgIpc) is 2.76. The van der Waals surface area contributed by atoms with Gasteiger partial charge in [0.05, 0.1) is 4.34 Å². The summed E-state index contributed by atoms with van der Waals surface area (Å²) in [7, 11) is 0. The molecule has 1 aromatic heterocycles. The lowest BCUT2D eigenvalue weighted by molar-refractivity contribution is 0.474. The third-order valence-electron chi connectivity index (χ3n) is 2.96. The van der Waals surface area contributed by atoms with Gasteiger partial charge in [0.2, 0.25) is 0 Å². The molecule has 0 aliphatic rings. The lowest BCUT2D eigenvalue weighted by atomic mass is 10.1. The molecule has 0 spiro atoms. The number of halogens is 2. The molecule has 0 radical (unpaired) electrons. The molecule has 1 N–H and O–H groups in total. The summed E-state index contributed by atoms with van der Waals surface area (Å²) in [6, 6.07) is 8.89. The van der Waals surface area contributed by atoms with E-state index in [-0.39, 0.29) is 17.9 Å². The van der Waals surface area contributed by atoms with Gasteiger partial charge in [0, 0.05) is 17.6 Å². The van der Waals surface area contributed by atoms with E-state index in [1.807, 2.05) is 24.4 Å². The second kappa shape index (κ2) is 5.83. The Morgan fingerprint density at radius 2 is 1.94 bits per heavy atom. The molecule has 0 saturated carbocycles. The van der Waals surface area contributed by atoms with Gasteiger partial charge in [-0.2, -0.15) is 0 Å². The molecule has 18 heavy (non-hydrogen) atoms.